The summed E-state index contributed by atoms with van der Waals surface area (Å²) in [4.78, 5) is 8.69. The number of nitrogens with two attached hydrogens (primary N) is 1. The standard InChI is InChI=1S/C13H18N4O/c1-8(2)17-9(3)16-12(13(17)14)10-5-6-11(18-4)15-7-10/h5-8H,14H2,1-4H3. The van der Waals surface area contributed by atoms with E-state index in [9.17, 15) is 0 Å². The number of aryl methyl sites for hydroxylation is 1. The Morgan fingerprint density at radius 3 is 2.50 bits per heavy atom. The first-order valence-electron chi connectivity index (χ1n) is 5.89. The molecule has 0 radical (unpaired) electrons. The summed E-state index contributed by atoms with van der Waals surface area (Å²) in [6.45, 7) is 6.12. The number of aromatic nitrogens is 3. The van der Waals surface area contributed by atoms with E-state index in [-0.39, 0.29) is 6.04 Å². The summed E-state index contributed by atoms with van der Waals surface area (Å²) in [6.07, 6.45) is 1.72. The molecule has 96 valence electrons. The van der Waals surface area contributed by atoms with Gasteiger partial charge in [-0.25, -0.2) is 9.97 Å². The van der Waals surface area contributed by atoms with Gasteiger partial charge in [0.1, 0.15) is 17.3 Å². The van der Waals surface area contributed by atoms with Crippen LogP contribution in [-0.4, -0.2) is 21.6 Å². The van der Waals surface area contributed by atoms with Crippen LogP contribution >= 0.6 is 0 Å². The van der Waals surface area contributed by atoms with Crippen LogP contribution < -0.4 is 10.5 Å². The van der Waals surface area contributed by atoms with Gasteiger partial charge in [0.05, 0.1) is 7.11 Å². The normalized spacial score (nSPS) is 10.9. The second kappa shape index (κ2) is 4.68. The van der Waals surface area contributed by atoms with Crippen LogP contribution in [0.3, 0.4) is 0 Å². The van der Waals surface area contributed by atoms with E-state index >= 15 is 0 Å². The number of pyridine rings is 1. The molecule has 0 aliphatic rings. The maximum absolute atomic E-state index is 6.15. The SMILES string of the molecule is COc1ccc(-c2nc(C)n(C(C)C)c2N)cn1. The summed E-state index contributed by atoms with van der Waals surface area (Å²) in [6, 6.07) is 4.00. The third kappa shape index (κ3) is 2.03. The van der Waals surface area contributed by atoms with E-state index in [1.807, 2.05) is 17.6 Å². The van der Waals surface area contributed by atoms with Gasteiger partial charge < -0.3 is 15.0 Å². The molecule has 0 aliphatic heterocycles. The van der Waals surface area contributed by atoms with Crippen LogP contribution in [0.2, 0.25) is 0 Å². The first kappa shape index (κ1) is 12.4. The molecule has 2 N–H and O–H groups in total. The van der Waals surface area contributed by atoms with Gasteiger partial charge in [-0.2, -0.15) is 0 Å². The van der Waals surface area contributed by atoms with Gasteiger partial charge in [0, 0.05) is 23.9 Å². The van der Waals surface area contributed by atoms with Gasteiger partial charge in [0.2, 0.25) is 5.88 Å². The van der Waals surface area contributed by atoms with Crippen molar-refractivity contribution >= 4 is 5.82 Å². The molecule has 0 spiro atoms. The van der Waals surface area contributed by atoms with Crippen molar-refractivity contribution in [1.29, 1.82) is 0 Å². The zero-order valence-corrected chi connectivity index (χ0v) is 11.1. The topological polar surface area (TPSA) is 66.0 Å². The highest BCUT2D eigenvalue weighted by Gasteiger charge is 2.15. The molecule has 0 amide bonds. The molecular weight excluding hydrogens is 228 g/mol. The van der Waals surface area contributed by atoms with E-state index in [1.54, 1.807) is 19.4 Å². The number of nitrogens with zero attached hydrogens (tertiary/aromatic N) is 3. The lowest BCUT2D eigenvalue weighted by molar-refractivity contribution is 0.398. The molecule has 0 aromatic carbocycles. The Hall–Kier alpha value is -2.04. The number of hydrogen-bond acceptors (Lipinski definition) is 4. The van der Waals surface area contributed by atoms with Crippen molar-refractivity contribution in [3.05, 3.63) is 24.2 Å². The van der Waals surface area contributed by atoms with E-state index in [0.717, 1.165) is 17.1 Å². The van der Waals surface area contributed by atoms with Gasteiger partial charge in [-0.05, 0) is 26.8 Å². The molecule has 0 saturated carbocycles. The highest BCUT2D eigenvalue weighted by molar-refractivity contribution is 5.70. The van der Waals surface area contributed by atoms with Crippen molar-refractivity contribution < 1.29 is 4.74 Å². The number of imidazole rings is 1. The van der Waals surface area contributed by atoms with Crippen molar-refractivity contribution in [3.63, 3.8) is 0 Å². The Labute approximate surface area is 107 Å². The van der Waals surface area contributed by atoms with Crippen molar-refractivity contribution in [2.75, 3.05) is 12.8 Å². The Bertz CT molecular complexity index is 543. The lowest BCUT2D eigenvalue weighted by Crippen LogP contribution is -2.07. The van der Waals surface area contributed by atoms with Crippen LogP contribution in [0.15, 0.2) is 18.3 Å². The first-order valence-corrected chi connectivity index (χ1v) is 5.89. The van der Waals surface area contributed by atoms with Crippen LogP contribution in [0.1, 0.15) is 25.7 Å². The largest absolute Gasteiger partial charge is 0.481 e. The molecule has 18 heavy (non-hydrogen) atoms. The molecule has 0 unspecified atom stereocenters. The van der Waals surface area contributed by atoms with Crippen LogP contribution in [0.4, 0.5) is 5.82 Å². The van der Waals surface area contributed by atoms with Gasteiger partial charge in [-0.15, -0.1) is 0 Å². The maximum Gasteiger partial charge on any atom is 0.212 e. The third-order valence-corrected chi connectivity index (χ3v) is 2.86. The predicted molar refractivity (Wildman–Crippen MR) is 71.5 cm³/mol. The Kier molecular flexibility index (Phi) is 3.23. The molecule has 2 aromatic rings. The van der Waals surface area contributed by atoms with E-state index in [2.05, 4.69) is 23.8 Å². The first-order chi connectivity index (χ1) is 8.54. The number of methoxy groups -OCH3 is 1. The van der Waals surface area contributed by atoms with E-state index in [0.29, 0.717) is 11.7 Å². The molecule has 5 heteroatoms. The molecular formula is C13H18N4O. The molecule has 0 aliphatic carbocycles. The van der Waals surface area contributed by atoms with E-state index in [4.69, 9.17) is 10.5 Å². The second-order valence-corrected chi connectivity index (χ2v) is 4.45. The van der Waals surface area contributed by atoms with Crippen LogP contribution in [0, 0.1) is 6.92 Å². The molecule has 0 atom stereocenters. The maximum atomic E-state index is 6.15. The molecule has 0 saturated heterocycles. The summed E-state index contributed by atoms with van der Waals surface area (Å²) >= 11 is 0. The zero-order valence-electron chi connectivity index (χ0n) is 11.1. The number of nitrogen functional groups attached to an aromatic ring is 1. The minimum absolute atomic E-state index is 0.289. The van der Waals surface area contributed by atoms with Crippen LogP contribution in [0.5, 0.6) is 5.88 Å². The summed E-state index contributed by atoms with van der Waals surface area (Å²) < 4.78 is 7.05. The lowest BCUT2D eigenvalue weighted by atomic mass is 10.2. The fourth-order valence-electron chi connectivity index (χ4n) is 2.07. The van der Waals surface area contributed by atoms with Gasteiger partial charge in [-0.1, -0.05) is 0 Å². The summed E-state index contributed by atoms with van der Waals surface area (Å²) in [5.74, 6) is 2.17. The molecule has 5 nitrogen and oxygen atoms in total. The van der Waals surface area contributed by atoms with Crippen molar-refractivity contribution in [2.45, 2.75) is 26.8 Å². The average molecular weight is 246 g/mol. The highest BCUT2D eigenvalue weighted by Crippen LogP contribution is 2.28. The fraction of sp³-hybridized carbons (Fsp3) is 0.385. The highest BCUT2D eigenvalue weighted by atomic mass is 16.5. The molecule has 0 bridgehead atoms. The predicted octanol–water partition coefficient (Wildman–Crippen LogP) is 2.43. The monoisotopic (exact) mass is 246 g/mol. The summed E-state index contributed by atoms with van der Waals surface area (Å²) in [7, 11) is 1.59. The number of hydrogen-bond donors (Lipinski definition) is 1. The van der Waals surface area contributed by atoms with Gasteiger partial charge in [0.25, 0.3) is 0 Å². The Morgan fingerprint density at radius 2 is 2.06 bits per heavy atom. The Morgan fingerprint density at radius 1 is 1.33 bits per heavy atom. The van der Waals surface area contributed by atoms with Crippen molar-refractivity contribution in [1.82, 2.24) is 14.5 Å². The lowest BCUT2D eigenvalue weighted by Gasteiger charge is -2.11. The quantitative estimate of drug-likeness (QED) is 0.903. The van der Waals surface area contributed by atoms with Crippen LogP contribution in [-0.2, 0) is 0 Å². The van der Waals surface area contributed by atoms with E-state index in [1.165, 1.54) is 0 Å². The van der Waals surface area contributed by atoms with Crippen molar-refractivity contribution in [2.24, 2.45) is 0 Å². The summed E-state index contributed by atoms with van der Waals surface area (Å²) in [5.41, 5.74) is 7.82. The Balaban J connectivity index is 2.47. The number of rotatable bonds is 3. The fourth-order valence-corrected chi connectivity index (χ4v) is 2.07. The number of ether oxygens (including phenoxy) is 1. The minimum Gasteiger partial charge on any atom is -0.481 e. The molecule has 2 rings (SSSR count). The van der Waals surface area contributed by atoms with Crippen molar-refractivity contribution in [3.8, 4) is 17.1 Å². The molecule has 2 heterocycles. The second-order valence-electron chi connectivity index (χ2n) is 4.45. The number of anilines is 1. The zero-order chi connectivity index (χ0) is 13.3. The van der Waals surface area contributed by atoms with Gasteiger partial charge >= 0.3 is 0 Å². The van der Waals surface area contributed by atoms with Gasteiger partial charge in [0.15, 0.2) is 0 Å². The van der Waals surface area contributed by atoms with Crippen LogP contribution in [0.25, 0.3) is 11.3 Å². The van der Waals surface area contributed by atoms with E-state index < -0.39 is 0 Å². The van der Waals surface area contributed by atoms with Gasteiger partial charge in [-0.3, -0.25) is 0 Å². The average Bonchev–Trinajstić information content (AvgIpc) is 2.65. The minimum atomic E-state index is 0.289. The molecule has 0 fully saturated rings. The smallest absolute Gasteiger partial charge is 0.212 e. The third-order valence-electron chi connectivity index (χ3n) is 2.86. The summed E-state index contributed by atoms with van der Waals surface area (Å²) in [5, 5.41) is 0. The molecule has 2 aromatic heterocycles.